The third-order valence-corrected chi connectivity index (χ3v) is 12.4. The topological polar surface area (TPSA) is 110 Å². The molecule has 2 heterocycles. The van der Waals surface area contributed by atoms with Crippen LogP contribution in [0.3, 0.4) is 0 Å². The van der Waals surface area contributed by atoms with E-state index in [1.54, 1.807) is 12.3 Å². The van der Waals surface area contributed by atoms with E-state index in [2.05, 4.69) is 15.0 Å². The summed E-state index contributed by atoms with van der Waals surface area (Å²) in [5.41, 5.74) is 3.37. The summed E-state index contributed by atoms with van der Waals surface area (Å²) in [6, 6.07) is 21.1. The molecule has 226 valence electrons. The number of carbonyl (C=O) groups excluding carboxylic acids is 1. The number of carbonyl (C=O) groups is 1. The molecule has 2 N–H and O–H groups in total. The van der Waals surface area contributed by atoms with Gasteiger partial charge in [-0.05, 0) is 105 Å². The highest BCUT2D eigenvalue weighted by atomic mass is 32.2. The lowest BCUT2D eigenvalue weighted by molar-refractivity contribution is -0.0348. The van der Waals surface area contributed by atoms with Gasteiger partial charge in [0.2, 0.25) is 10.0 Å². The van der Waals surface area contributed by atoms with Crippen LogP contribution in [0, 0.1) is 17.8 Å². The predicted molar refractivity (Wildman–Crippen MR) is 169 cm³/mol. The first-order valence-electron chi connectivity index (χ1n) is 15.7. The highest BCUT2D eigenvalue weighted by Gasteiger charge is 2.57. The Balaban J connectivity index is 0.984. The highest BCUT2D eigenvalue weighted by Crippen LogP contribution is 2.56. The van der Waals surface area contributed by atoms with Gasteiger partial charge in [0, 0.05) is 47.2 Å². The van der Waals surface area contributed by atoms with Crippen LogP contribution in [0.15, 0.2) is 83.9 Å². The van der Waals surface area contributed by atoms with Crippen molar-refractivity contribution in [1.29, 1.82) is 0 Å². The number of pyridine rings is 2. The van der Waals surface area contributed by atoms with Crippen LogP contribution in [0.25, 0.3) is 16.7 Å². The Hall–Kier alpha value is -3.82. The molecule has 9 heteroatoms. The lowest BCUT2D eigenvalue weighted by Crippen LogP contribution is -2.66. The number of rotatable bonds is 8. The summed E-state index contributed by atoms with van der Waals surface area (Å²) >= 11 is 0. The van der Waals surface area contributed by atoms with Crippen molar-refractivity contribution in [2.45, 2.75) is 68.2 Å². The van der Waals surface area contributed by atoms with Gasteiger partial charge in [-0.3, -0.25) is 9.59 Å². The Kier molecular flexibility index (Phi) is 6.54. The van der Waals surface area contributed by atoms with Crippen molar-refractivity contribution in [2.75, 3.05) is 0 Å². The third kappa shape index (κ3) is 4.96. The Labute approximate surface area is 257 Å². The standard InChI is InChI=1S/C35H36N4O4S/c40-32-27(21-39(28-5-2-1-3-6-28)33-30(32)7-4-14-36-33)15-22-8-10-24(11-9-22)34(41)37-31-25-16-23-17-26(31)20-35(18-23,19-25)38-44(42,43)29-12-13-29/h1-11,14,21,23,25-26,29,31,38H,12-13,15-20H2,(H,37,41)/t23-,25-,26+,31-,35-. The maximum atomic E-state index is 13.4. The van der Waals surface area contributed by atoms with Crippen LogP contribution in [0.1, 0.15) is 66.4 Å². The Morgan fingerprint density at radius 2 is 1.66 bits per heavy atom. The third-order valence-electron chi connectivity index (χ3n) is 10.4. The zero-order valence-corrected chi connectivity index (χ0v) is 25.3. The van der Waals surface area contributed by atoms with E-state index in [0.717, 1.165) is 56.2 Å². The fourth-order valence-electron chi connectivity index (χ4n) is 8.50. The Morgan fingerprint density at radius 3 is 2.36 bits per heavy atom. The SMILES string of the molecule is O=C(N[C@@H]1[C@@H]2C[C@@H]3C[C@H]1C[C@@](NS(=O)(=O)C1CC1)(C3)C2)c1ccc(Cc2cn(-c3ccccc3)c3ncccc3c2=O)cc1. The van der Waals surface area contributed by atoms with Gasteiger partial charge in [-0.2, -0.15) is 0 Å². The van der Waals surface area contributed by atoms with Crippen LogP contribution >= 0.6 is 0 Å². The molecule has 1 amide bonds. The number of nitrogens with zero attached hydrogens (tertiary/aromatic N) is 2. The van der Waals surface area contributed by atoms with Gasteiger partial charge in [0.15, 0.2) is 5.43 Å². The second kappa shape index (κ2) is 10.4. The van der Waals surface area contributed by atoms with Crippen molar-refractivity contribution in [1.82, 2.24) is 19.6 Å². The minimum absolute atomic E-state index is 0.0406. The van der Waals surface area contributed by atoms with Gasteiger partial charge in [-0.15, -0.1) is 0 Å². The fraction of sp³-hybridized carbons (Fsp3) is 0.400. The average molecular weight is 609 g/mol. The maximum absolute atomic E-state index is 13.4. The van der Waals surface area contributed by atoms with E-state index in [-0.39, 0.29) is 28.2 Å². The molecule has 0 unspecified atom stereocenters. The van der Waals surface area contributed by atoms with Crippen LogP contribution in [0.5, 0.6) is 0 Å². The Morgan fingerprint density at radius 1 is 0.932 bits per heavy atom. The molecule has 8 nitrogen and oxygen atoms in total. The van der Waals surface area contributed by atoms with Gasteiger partial charge in [0.05, 0.1) is 10.6 Å². The van der Waals surface area contributed by atoms with Crippen molar-refractivity contribution < 1.29 is 13.2 Å². The second-order valence-corrected chi connectivity index (χ2v) is 15.5. The summed E-state index contributed by atoms with van der Waals surface area (Å²) in [4.78, 5) is 31.3. The normalized spacial score (nSPS) is 27.5. The molecular weight excluding hydrogens is 572 g/mol. The number of sulfonamides is 1. The van der Waals surface area contributed by atoms with Crippen molar-refractivity contribution in [2.24, 2.45) is 17.8 Å². The minimum Gasteiger partial charge on any atom is -0.349 e. The van der Waals surface area contributed by atoms with Crippen LogP contribution in [0.4, 0.5) is 0 Å². The van der Waals surface area contributed by atoms with Gasteiger partial charge in [0.25, 0.3) is 5.91 Å². The minimum atomic E-state index is -3.25. The summed E-state index contributed by atoms with van der Waals surface area (Å²) in [6.07, 6.45) is 10.2. The van der Waals surface area contributed by atoms with Crippen LogP contribution < -0.4 is 15.5 Å². The summed E-state index contributed by atoms with van der Waals surface area (Å²) in [5.74, 6) is 1.02. The molecule has 2 aromatic carbocycles. The summed E-state index contributed by atoms with van der Waals surface area (Å²) in [7, 11) is -3.25. The van der Waals surface area contributed by atoms with E-state index in [1.807, 2.05) is 71.4 Å². The monoisotopic (exact) mass is 608 g/mol. The van der Waals surface area contributed by atoms with E-state index < -0.39 is 10.0 Å². The molecular formula is C35H36N4O4S. The van der Waals surface area contributed by atoms with E-state index in [9.17, 15) is 18.0 Å². The number of nitrogens with one attached hydrogen (secondary N) is 2. The van der Waals surface area contributed by atoms with Gasteiger partial charge < -0.3 is 9.88 Å². The molecule has 5 fully saturated rings. The predicted octanol–water partition coefficient (Wildman–Crippen LogP) is 4.74. The molecule has 5 atom stereocenters. The number of aromatic nitrogens is 2. The largest absolute Gasteiger partial charge is 0.349 e. The molecule has 0 saturated heterocycles. The number of hydrogen-bond donors (Lipinski definition) is 2. The number of benzene rings is 2. The molecule has 4 bridgehead atoms. The first-order chi connectivity index (χ1) is 21.3. The van der Waals surface area contributed by atoms with Gasteiger partial charge in [0.1, 0.15) is 5.65 Å². The zero-order valence-electron chi connectivity index (χ0n) is 24.5. The van der Waals surface area contributed by atoms with Crippen molar-refractivity contribution in [3.63, 3.8) is 0 Å². The molecule has 5 aliphatic carbocycles. The summed E-state index contributed by atoms with van der Waals surface area (Å²) in [5, 5.41) is 3.70. The number of amides is 1. The molecule has 4 aromatic rings. The summed E-state index contributed by atoms with van der Waals surface area (Å²) < 4.78 is 30.8. The van der Waals surface area contributed by atoms with E-state index in [4.69, 9.17) is 0 Å². The molecule has 44 heavy (non-hydrogen) atoms. The van der Waals surface area contributed by atoms with Crippen LogP contribution in [0.2, 0.25) is 0 Å². The van der Waals surface area contributed by atoms with Crippen molar-refractivity contribution in [3.8, 4) is 5.69 Å². The van der Waals surface area contributed by atoms with Crippen molar-refractivity contribution in [3.05, 3.63) is 106 Å². The Bertz CT molecular complexity index is 1900. The molecule has 9 rings (SSSR count). The van der Waals surface area contributed by atoms with Crippen LogP contribution in [-0.2, 0) is 16.4 Å². The summed E-state index contributed by atoms with van der Waals surface area (Å²) in [6.45, 7) is 0. The van der Waals surface area contributed by atoms with Gasteiger partial charge in [-0.25, -0.2) is 18.1 Å². The smallest absolute Gasteiger partial charge is 0.251 e. The maximum Gasteiger partial charge on any atom is 0.251 e. The van der Waals surface area contributed by atoms with E-state index in [0.29, 0.717) is 46.3 Å². The molecule has 0 radical (unpaired) electrons. The van der Waals surface area contributed by atoms with E-state index in [1.165, 1.54) is 0 Å². The lowest BCUT2D eigenvalue weighted by atomic mass is 9.51. The highest BCUT2D eigenvalue weighted by molar-refractivity contribution is 7.90. The first kappa shape index (κ1) is 27.7. The lowest BCUT2D eigenvalue weighted by Gasteiger charge is -2.60. The fourth-order valence-corrected chi connectivity index (χ4v) is 10.3. The van der Waals surface area contributed by atoms with Gasteiger partial charge in [-0.1, -0.05) is 30.3 Å². The van der Waals surface area contributed by atoms with E-state index >= 15 is 0 Å². The molecule has 2 aromatic heterocycles. The average Bonchev–Trinajstić information content (AvgIpc) is 3.87. The molecule has 0 aliphatic heterocycles. The van der Waals surface area contributed by atoms with Crippen LogP contribution in [-0.4, -0.2) is 40.7 Å². The zero-order chi connectivity index (χ0) is 30.1. The quantitative estimate of drug-likeness (QED) is 0.301. The van der Waals surface area contributed by atoms with Crippen molar-refractivity contribution >= 4 is 27.0 Å². The molecule has 0 spiro atoms. The number of hydrogen-bond acceptors (Lipinski definition) is 5. The number of fused-ring (bicyclic) bond motifs is 1. The molecule has 5 saturated carbocycles. The molecule has 5 aliphatic rings. The second-order valence-electron chi connectivity index (χ2n) is 13.5. The van der Waals surface area contributed by atoms with Gasteiger partial charge >= 0.3 is 0 Å². The first-order valence-corrected chi connectivity index (χ1v) is 17.3. The number of para-hydroxylation sites is 1.